The number of nitrogens with zero attached hydrogens (tertiary/aromatic N) is 3. The van der Waals surface area contributed by atoms with Gasteiger partial charge in [-0.2, -0.15) is 5.10 Å². The summed E-state index contributed by atoms with van der Waals surface area (Å²) < 4.78 is 0. The highest BCUT2D eigenvalue weighted by molar-refractivity contribution is 5.76. The number of H-pyrrole nitrogens is 1. The fourth-order valence-electron chi connectivity index (χ4n) is 3.90. The fourth-order valence-corrected chi connectivity index (χ4v) is 3.90. The van der Waals surface area contributed by atoms with Gasteiger partial charge in [-0.15, -0.1) is 0 Å². The Morgan fingerprint density at radius 2 is 2.09 bits per heavy atom. The molecule has 1 N–H and O–H groups in total. The molecule has 0 saturated carbocycles. The summed E-state index contributed by atoms with van der Waals surface area (Å²) in [7, 11) is 2.22. The molecule has 2 fully saturated rings. The number of nitrogens with one attached hydrogen (secondary N) is 1. The average molecular weight is 304 g/mol. The number of carbonyl (C=O) groups is 1. The number of likely N-dealkylation sites (N-methyl/N-ethyl adjacent to an activating group) is 1. The summed E-state index contributed by atoms with van der Waals surface area (Å²) in [6.07, 6.45) is 5.13. The van der Waals surface area contributed by atoms with E-state index in [4.69, 9.17) is 0 Å². The molecule has 0 aromatic carbocycles. The summed E-state index contributed by atoms with van der Waals surface area (Å²) in [4.78, 5) is 17.2. The van der Waals surface area contributed by atoms with Gasteiger partial charge in [-0.05, 0) is 45.2 Å². The lowest BCUT2D eigenvalue weighted by atomic mass is 9.99. The van der Waals surface area contributed by atoms with Gasteiger partial charge in [0.05, 0.1) is 5.69 Å². The minimum absolute atomic E-state index is 0.298. The summed E-state index contributed by atoms with van der Waals surface area (Å²) in [5.74, 6) is 0.947. The minimum atomic E-state index is 0.298. The lowest BCUT2D eigenvalue weighted by molar-refractivity contribution is -0.132. The van der Waals surface area contributed by atoms with Gasteiger partial charge in [0.2, 0.25) is 5.91 Å². The Labute approximate surface area is 133 Å². The van der Waals surface area contributed by atoms with Crippen molar-refractivity contribution in [2.75, 3.05) is 26.7 Å². The Balaban J connectivity index is 1.61. The Morgan fingerprint density at radius 3 is 2.82 bits per heavy atom. The van der Waals surface area contributed by atoms with Crippen LogP contribution in [0.4, 0.5) is 0 Å². The normalized spacial score (nSPS) is 26.0. The van der Waals surface area contributed by atoms with Crippen molar-refractivity contribution < 1.29 is 4.79 Å². The van der Waals surface area contributed by atoms with Gasteiger partial charge >= 0.3 is 0 Å². The van der Waals surface area contributed by atoms with E-state index in [0.29, 0.717) is 24.3 Å². The first kappa shape index (κ1) is 15.5. The molecule has 2 aliphatic rings. The predicted octanol–water partition coefficient (Wildman–Crippen LogP) is 1.90. The van der Waals surface area contributed by atoms with Crippen molar-refractivity contribution in [3.8, 4) is 0 Å². The van der Waals surface area contributed by atoms with Crippen molar-refractivity contribution >= 4 is 5.91 Å². The second-order valence-corrected chi connectivity index (χ2v) is 7.11. The second-order valence-electron chi connectivity index (χ2n) is 7.11. The van der Waals surface area contributed by atoms with Crippen LogP contribution < -0.4 is 0 Å². The summed E-state index contributed by atoms with van der Waals surface area (Å²) in [6, 6.07) is 0.547. The van der Waals surface area contributed by atoms with Crippen molar-refractivity contribution in [2.45, 2.75) is 52.0 Å². The van der Waals surface area contributed by atoms with Crippen LogP contribution in [0.25, 0.3) is 0 Å². The molecule has 1 amide bonds. The topological polar surface area (TPSA) is 52.2 Å². The Morgan fingerprint density at radius 1 is 1.27 bits per heavy atom. The molecule has 1 aromatic rings. The smallest absolute Gasteiger partial charge is 0.223 e. The molecule has 1 aromatic heterocycles. The molecule has 5 nitrogen and oxygen atoms in total. The molecular weight excluding hydrogens is 276 g/mol. The van der Waals surface area contributed by atoms with Crippen molar-refractivity contribution in [1.82, 2.24) is 20.0 Å². The van der Waals surface area contributed by atoms with Gasteiger partial charge in [-0.1, -0.05) is 6.42 Å². The monoisotopic (exact) mass is 304 g/mol. The molecule has 2 saturated heterocycles. The number of aromatic nitrogens is 2. The van der Waals surface area contributed by atoms with Crippen molar-refractivity contribution in [3.63, 3.8) is 0 Å². The number of amides is 1. The highest BCUT2D eigenvalue weighted by Crippen LogP contribution is 2.26. The molecule has 22 heavy (non-hydrogen) atoms. The van der Waals surface area contributed by atoms with Crippen molar-refractivity contribution in [3.05, 3.63) is 17.0 Å². The highest BCUT2D eigenvalue weighted by atomic mass is 16.2. The standard InChI is InChI=1S/C17H28N4O/c1-12-13(2)18-19-16(12)7-8-17(22)21-10-14-5-4-6-15(11-21)20(3)9-14/h14-15H,4-11H2,1-3H3,(H,18,19)/t14-,15-/m0/s1. The molecule has 2 atom stereocenters. The van der Waals surface area contributed by atoms with E-state index in [0.717, 1.165) is 37.4 Å². The Bertz CT molecular complexity index is 539. The summed E-state index contributed by atoms with van der Waals surface area (Å²) in [5.41, 5.74) is 3.34. The van der Waals surface area contributed by atoms with Crippen LogP contribution in [0.3, 0.4) is 0 Å². The fraction of sp³-hybridized carbons (Fsp3) is 0.765. The van der Waals surface area contributed by atoms with E-state index >= 15 is 0 Å². The molecular formula is C17H28N4O. The molecule has 122 valence electrons. The van der Waals surface area contributed by atoms with Gasteiger partial charge in [-0.25, -0.2) is 0 Å². The Hall–Kier alpha value is -1.36. The number of fused-ring (bicyclic) bond motifs is 3. The molecule has 0 radical (unpaired) electrons. The van der Waals surface area contributed by atoms with Crippen LogP contribution in [0.2, 0.25) is 0 Å². The maximum absolute atomic E-state index is 12.6. The first-order valence-corrected chi connectivity index (χ1v) is 8.53. The third kappa shape index (κ3) is 3.19. The first-order valence-electron chi connectivity index (χ1n) is 8.53. The molecule has 2 aliphatic heterocycles. The van der Waals surface area contributed by atoms with Gasteiger partial charge in [0.25, 0.3) is 0 Å². The lowest BCUT2D eigenvalue weighted by Gasteiger charge is -2.29. The van der Waals surface area contributed by atoms with Crippen LogP contribution in [-0.4, -0.2) is 58.6 Å². The third-order valence-corrected chi connectivity index (χ3v) is 5.51. The lowest BCUT2D eigenvalue weighted by Crippen LogP contribution is -2.42. The van der Waals surface area contributed by atoms with E-state index in [9.17, 15) is 4.79 Å². The number of aromatic amines is 1. The number of hydrogen-bond acceptors (Lipinski definition) is 3. The SMILES string of the molecule is Cc1[nH]nc(CCC(=O)N2C[C@H]3CCC[C@@H](C2)N(C)C3)c1C. The zero-order valence-electron chi connectivity index (χ0n) is 14.1. The Kier molecular flexibility index (Phi) is 4.52. The maximum atomic E-state index is 12.6. The molecule has 3 heterocycles. The average Bonchev–Trinajstić information content (AvgIpc) is 2.64. The highest BCUT2D eigenvalue weighted by Gasteiger charge is 2.32. The number of likely N-dealkylation sites (tertiary alicyclic amines) is 1. The van der Waals surface area contributed by atoms with Gasteiger partial charge < -0.3 is 9.80 Å². The molecule has 5 heteroatoms. The number of rotatable bonds is 3. The van der Waals surface area contributed by atoms with Crippen molar-refractivity contribution in [2.24, 2.45) is 5.92 Å². The zero-order chi connectivity index (χ0) is 15.7. The van der Waals surface area contributed by atoms with Gasteiger partial charge in [0.1, 0.15) is 0 Å². The first-order chi connectivity index (χ1) is 10.5. The van der Waals surface area contributed by atoms with E-state index in [-0.39, 0.29) is 0 Å². The summed E-state index contributed by atoms with van der Waals surface area (Å²) in [5, 5.41) is 7.32. The van der Waals surface area contributed by atoms with Gasteiger partial charge in [0, 0.05) is 44.2 Å². The largest absolute Gasteiger partial charge is 0.341 e. The third-order valence-electron chi connectivity index (χ3n) is 5.51. The maximum Gasteiger partial charge on any atom is 0.223 e. The van der Waals surface area contributed by atoms with E-state index in [1.54, 1.807) is 0 Å². The minimum Gasteiger partial charge on any atom is -0.341 e. The van der Waals surface area contributed by atoms with Crippen LogP contribution in [0.1, 0.15) is 42.6 Å². The zero-order valence-corrected chi connectivity index (χ0v) is 14.1. The summed E-state index contributed by atoms with van der Waals surface area (Å²) in [6.45, 7) is 7.10. The molecule has 0 spiro atoms. The van der Waals surface area contributed by atoms with E-state index in [2.05, 4.69) is 34.0 Å². The van der Waals surface area contributed by atoms with Gasteiger partial charge in [-0.3, -0.25) is 9.89 Å². The quantitative estimate of drug-likeness (QED) is 0.928. The van der Waals surface area contributed by atoms with Crippen LogP contribution in [-0.2, 0) is 11.2 Å². The van der Waals surface area contributed by atoms with Crippen LogP contribution in [0.15, 0.2) is 0 Å². The van der Waals surface area contributed by atoms with Gasteiger partial charge in [0.15, 0.2) is 0 Å². The summed E-state index contributed by atoms with van der Waals surface area (Å²) >= 11 is 0. The van der Waals surface area contributed by atoms with Crippen LogP contribution >= 0.6 is 0 Å². The number of aryl methyl sites for hydroxylation is 2. The number of carbonyl (C=O) groups excluding carboxylic acids is 1. The second kappa shape index (κ2) is 6.41. The van der Waals surface area contributed by atoms with Crippen molar-refractivity contribution in [1.29, 1.82) is 0 Å². The molecule has 3 rings (SSSR count). The van der Waals surface area contributed by atoms with Crippen LogP contribution in [0, 0.1) is 19.8 Å². The van der Waals surface area contributed by atoms with E-state index in [1.165, 1.54) is 24.8 Å². The number of hydrogen-bond donors (Lipinski definition) is 1. The molecule has 0 aliphatic carbocycles. The molecule has 2 bridgehead atoms. The van der Waals surface area contributed by atoms with E-state index < -0.39 is 0 Å². The predicted molar refractivity (Wildman–Crippen MR) is 86.7 cm³/mol. The van der Waals surface area contributed by atoms with Crippen LogP contribution in [0.5, 0.6) is 0 Å². The van der Waals surface area contributed by atoms with E-state index in [1.807, 2.05) is 6.92 Å². The molecule has 0 unspecified atom stereocenters.